The van der Waals surface area contributed by atoms with Gasteiger partial charge in [-0.25, -0.2) is 14.6 Å². The summed E-state index contributed by atoms with van der Waals surface area (Å²) < 4.78 is 5.03. The van der Waals surface area contributed by atoms with Gasteiger partial charge >= 0.3 is 12.1 Å². The van der Waals surface area contributed by atoms with Crippen LogP contribution in [0, 0.1) is 0 Å². The van der Waals surface area contributed by atoms with Gasteiger partial charge in [-0.15, -0.1) is 12.4 Å². The van der Waals surface area contributed by atoms with E-state index >= 15 is 0 Å². The minimum absolute atomic E-state index is 0. The maximum absolute atomic E-state index is 12.0. The molecule has 2 aromatic heterocycles. The Balaban J connectivity index is 0.00000408. The Morgan fingerprint density at radius 2 is 1.88 bits per heavy atom. The number of hydrogen-bond donors (Lipinski definition) is 5. The second-order valence-electron chi connectivity index (χ2n) is 7.22. The first-order valence-electron chi connectivity index (χ1n) is 10.6. The van der Waals surface area contributed by atoms with Crippen molar-refractivity contribution in [1.82, 2.24) is 20.6 Å². The number of urea groups is 1. The van der Waals surface area contributed by atoms with Crippen LogP contribution in [0.1, 0.15) is 18.9 Å². The molecule has 1 aromatic carbocycles. The highest BCUT2D eigenvalue weighted by Crippen LogP contribution is 2.31. The number of anilines is 1. The number of alkyl carbamates (subject to hydrolysis) is 1. The molecule has 34 heavy (non-hydrogen) atoms. The fourth-order valence-corrected chi connectivity index (χ4v) is 3.22. The van der Waals surface area contributed by atoms with Crippen LogP contribution in [0.4, 0.5) is 15.4 Å². The average molecular weight is 490 g/mol. The van der Waals surface area contributed by atoms with E-state index in [9.17, 15) is 14.7 Å². The summed E-state index contributed by atoms with van der Waals surface area (Å²) in [7, 11) is 0. The number of carbonyl (C=O) groups excluding carboxylic acids is 2. The zero-order chi connectivity index (χ0) is 23.6. The molecule has 1 unspecified atom stereocenters. The number of aliphatic hydroxyl groups excluding tert-OH is 2. The Bertz CT molecular complexity index is 1100. The van der Waals surface area contributed by atoms with E-state index in [-0.39, 0.29) is 44.6 Å². The summed E-state index contributed by atoms with van der Waals surface area (Å²) >= 11 is 0. The molecule has 0 spiro atoms. The van der Waals surface area contributed by atoms with Crippen molar-refractivity contribution >= 4 is 41.1 Å². The molecule has 0 fully saturated rings. The number of fused-ring (bicyclic) bond motifs is 1. The number of nitrogens with one attached hydrogen (secondary N) is 3. The largest absolute Gasteiger partial charge is 0.449 e. The van der Waals surface area contributed by atoms with Crippen LogP contribution < -0.4 is 16.0 Å². The van der Waals surface area contributed by atoms with Crippen LogP contribution in [-0.4, -0.2) is 58.2 Å². The third-order valence-electron chi connectivity index (χ3n) is 4.88. The number of aliphatic hydroxyl groups is 2. The zero-order valence-corrected chi connectivity index (χ0v) is 19.5. The Morgan fingerprint density at radius 3 is 2.59 bits per heavy atom. The number of pyridine rings is 2. The molecular formula is C23H28ClN5O5. The first kappa shape index (κ1) is 26.8. The second-order valence-corrected chi connectivity index (χ2v) is 7.22. The lowest BCUT2D eigenvalue weighted by Crippen LogP contribution is -2.28. The van der Waals surface area contributed by atoms with E-state index in [0.29, 0.717) is 12.4 Å². The lowest BCUT2D eigenvalue weighted by Gasteiger charge is -2.14. The van der Waals surface area contributed by atoms with Crippen molar-refractivity contribution in [2.75, 3.05) is 25.1 Å². The Morgan fingerprint density at radius 1 is 1.12 bits per heavy atom. The van der Waals surface area contributed by atoms with Crippen LogP contribution in [0.3, 0.4) is 0 Å². The number of nitrogens with zero attached hydrogens (tertiary/aromatic N) is 2. The van der Waals surface area contributed by atoms with E-state index in [1.54, 1.807) is 24.7 Å². The molecule has 3 rings (SSSR count). The molecule has 0 aliphatic rings. The molecule has 0 aliphatic heterocycles. The van der Waals surface area contributed by atoms with Crippen molar-refractivity contribution in [3.05, 3.63) is 54.5 Å². The summed E-state index contributed by atoms with van der Waals surface area (Å²) in [6.07, 6.45) is 3.66. The van der Waals surface area contributed by atoms with Crippen LogP contribution in [0.2, 0.25) is 0 Å². The monoisotopic (exact) mass is 489 g/mol. The molecule has 0 aliphatic carbocycles. The molecule has 0 saturated heterocycles. The zero-order valence-electron chi connectivity index (χ0n) is 18.7. The fourth-order valence-electron chi connectivity index (χ4n) is 3.22. The minimum Gasteiger partial charge on any atom is -0.449 e. The lowest BCUT2D eigenvalue weighted by atomic mass is 9.96. The van der Waals surface area contributed by atoms with Crippen molar-refractivity contribution in [3.8, 4) is 11.1 Å². The summed E-state index contributed by atoms with van der Waals surface area (Å²) in [4.78, 5) is 32.3. The standard InChI is InChI=1S/C23H27N5O5.ClH/c1-2-25-22(31)28-21-11-19-18(15-5-8-24-9-6-15)4-3-16(20(19)13-26-21)12-27-23(32)33-10-7-17(30)14-29;/h3-6,8-9,11,13,17,29-30H,2,7,10,12,14H2,1H3,(H,27,32)(H2,25,26,28,31);1H. The maximum Gasteiger partial charge on any atom is 0.407 e. The molecule has 0 bridgehead atoms. The summed E-state index contributed by atoms with van der Waals surface area (Å²) in [5, 5.41) is 27.9. The first-order chi connectivity index (χ1) is 16.0. The van der Waals surface area contributed by atoms with Crippen molar-refractivity contribution in [2.24, 2.45) is 0 Å². The van der Waals surface area contributed by atoms with E-state index in [1.165, 1.54) is 0 Å². The van der Waals surface area contributed by atoms with Crippen LogP contribution in [-0.2, 0) is 11.3 Å². The molecule has 2 heterocycles. The van der Waals surface area contributed by atoms with E-state index in [1.807, 2.05) is 31.2 Å². The van der Waals surface area contributed by atoms with Gasteiger partial charge in [-0.3, -0.25) is 10.3 Å². The quantitative estimate of drug-likeness (QED) is 0.310. The molecule has 10 nitrogen and oxygen atoms in total. The topological polar surface area (TPSA) is 146 Å². The maximum atomic E-state index is 12.0. The summed E-state index contributed by atoms with van der Waals surface area (Å²) in [6.45, 7) is 2.12. The third kappa shape index (κ3) is 7.27. The summed E-state index contributed by atoms with van der Waals surface area (Å²) in [6, 6.07) is 9.06. The van der Waals surface area contributed by atoms with Gasteiger partial charge in [-0.1, -0.05) is 12.1 Å². The van der Waals surface area contributed by atoms with Crippen LogP contribution in [0.25, 0.3) is 21.9 Å². The molecular weight excluding hydrogens is 462 g/mol. The first-order valence-corrected chi connectivity index (χ1v) is 10.6. The van der Waals surface area contributed by atoms with E-state index in [0.717, 1.165) is 27.5 Å². The van der Waals surface area contributed by atoms with Crippen molar-refractivity contribution in [3.63, 3.8) is 0 Å². The predicted molar refractivity (Wildman–Crippen MR) is 131 cm³/mol. The molecule has 3 aromatic rings. The van der Waals surface area contributed by atoms with Gasteiger partial charge in [0.1, 0.15) is 5.82 Å². The number of carbonyl (C=O) groups is 2. The predicted octanol–water partition coefficient (Wildman–Crippen LogP) is 2.83. The minimum atomic E-state index is -0.921. The molecule has 5 N–H and O–H groups in total. The molecule has 1 atom stereocenters. The van der Waals surface area contributed by atoms with E-state index < -0.39 is 12.2 Å². The number of aromatic nitrogens is 2. The molecule has 182 valence electrons. The molecule has 11 heteroatoms. The van der Waals surface area contributed by atoms with E-state index in [2.05, 4.69) is 25.9 Å². The van der Waals surface area contributed by atoms with Gasteiger partial charge < -0.3 is 25.6 Å². The summed E-state index contributed by atoms with van der Waals surface area (Å²) in [5.74, 6) is 0.399. The number of rotatable bonds is 9. The van der Waals surface area contributed by atoms with Crippen molar-refractivity contribution in [1.29, 1.82) is 0 Å². The van der Waals surface area contributed by atoms with Gasteiger partial charge in [0.25, 0.3) is 0 Å². The highest BCUT2D eigenvalue weighted by Gasteiger charge is 2.12. The van der Waals surface area contributed by atoms with Crippen molar-refractivity contribution < 1.29 is 24.5 Å². The lowest BCUT2D eigenvalue weighted by molar-refractivity contribution is 0.0639. The number of amides is 3. The van der Waals surface area contributed by atoms with Gasteiger partial charge in [0.2, 0.25) is 0 Å². The van der Waals surface area contributed by atoms with Gasteiger partial charge in [-0.05, 0) is 47.2 Å². The Hall–Kier alpha value is -3.47. The van der Waals surface area contributed by atoms with E-state index in [4.69, 9.17) is 9.84 Å². The van der Waals surface area contributed by atoms with Gasteiger partial charge in [0, 0.05) is 43.5 Å². The second kappa shape index (κ2) is 13.3. The number of halogens is 1. The number of ether oxygens (including phenoxy) is 1. The number of benzene rings is 1. The highest BCUT2D eigenvalue weighted by atomic mass is 35.5. The smallest absolute Gasteiger partial charge is 0.407 e. The SMILES string of the molecule is CCNC(=O)Nc1cc2c(-c3ccncc3)ccc(CNC(=O)OCCC(O)CO)c2cn1.Cl. The normalized spacial score (nSPS) is 11.3. The van der Waals surface area contributed by atoms with Crippen LogP contribution >= 0.6 is 12.4 Å². The molecule has 0 radical (unpaired) electrons. The average Bonchev–Trinajstić information content (AvgIpc) is 2.83. The number of hydrogen-bond acceptors (Lipinski definition) is 7. The van der Waals surface area contributed by atoms with Crippen LogP contribution in [0.5, 0.6) is 0 Å². The van der Waals surface area contributed by atoms with Crippen LogP contribution in [0.15, 0.2) is 48.9 Å². The fraction of sp³-hybridized carbons (Fsp3) is 0.304. The van der Waals surface area contributed by atoms with Crippen molar-refractivity contribution in [2.45, 2.75) is 26.0 Å². The Kier molecular flexibility index (Phi) is 10.5. The van der Waals surface area contributed by atoms with Gasteiger partial charge in [-0.2, -0.15) is 0 Å². The molecule has 0 saturated carbocycles. The third-order valence-corrected chi connectivity index (χ3v) is 4.88. The highest BCUT2D eigenvalue weighted by molar-refractivity contribution is 6.00. The van der Waals surface area contributed by atoms with Gasteiger partial charge in [0.15, 0.2) is 0 Å². The Labute approximate surface area is 203 Å². The molecule has 3 amide bonds. The summed E-state index contributed by atoms with van der Waals surface area (Å²) in [5.41, 5.74) is 2.69. The van der Waals surface area contributed by atoms with Gasteiger partial charge in [0.05, 0.1) is 19.3 Å².